The van der Waals surface area contributed by atoms with E-state index in [1.807, 2.05) is 6.07 Å². The number of pyridine rings is 1. The highest BCUT2D eigenvalue weighted by Gasteiger charge is 2.37. The van der Waals surface area contributed by atoms with Crippen molar-refractivity contribution in [1.29, 1.82) is 0 Å². The molecule has 0 spiro atoms. The summed E-state index contributed by atoms with van der Waals surface area (Å²) < 4.78 is 1.55. The summed E-state index contributed by atoms with van der Waals surface area (Å²) in [4.78, 5) is 21.9. The quantitative estimate of drug-likeness (QED) is 0.555. The molecule has 2 aliphatic rings. The van der Waals surface area contributed by atoms with E-state index in [1.54, 1.807) is 43.7 Å². The maximum absolute atomic E-state index is 12.5. The molecule has 2 fully saturated rings. The van der Waals surface area contributed by atoms with Crippen molar-refractivity contribution in [3.8, 4) is 11.1 Å². The normalized spacial score (nSPS) is 23.4. The Morgan fingerprint density at radius 3 is 2.52 bits per heavy atom. The Kier molecular flexibility index (Phi) is 4.60. The molecule has 5 heterocycles. The number of nitrogens with zero attached hydrogens (tertiary/aromatic N) is 4. The second-order valence-corrected chi connectivity index (χ2v) is 9.40. The van der Waals surface area contributed by atoms with Gasteiger partial charge in [0.25, 0.3) is 0 Å². The summed E-state index contributed by atoms with van der Waals surface area (Å²) in [6.45, 7) is 4.95. The number of carbonyl (C=O) groups is 1. The third-order valence-corrected chi connectivity index (χ3v) is 6.62. The van der Waals surface area contributed by atoms with E-state index in [9.17, 15) is 9.90 Å². The Balaban J connectivity index is 1.64. The van der Waals surface area contributed by atoms with Gasteiger partial charge < -0.3 is 16.2 Å². The molecule has 0 amide bonds. The largest absolute Gasteiger partial charge is 0.384 e. The van der Waals surface area contributed by atoms with E-state index in [-0.39, 0.29) is 11.7 Å². The van der Waals surface area contributed by atoms with Crippen LogP contribution in [-0.4, -0.2) is 42.6 Å². The van der Waals surface area contributed by atoms with Crippen LogP contribution in [0, 0.1) is 0 Å². The molecule has 2 unspecified atom stereocenters. The molecule has 2 bridgehead atoms. The van der Waals surface area contributed by atoms with E-state index in [0.29, 0.717) is 34.8 Å². The molecule has 8 nitrogen and oxygen atoms in total. The average molecular weight is 421 g/mol. The first-order valence-corrected chi connectivity index (χ1v) is 10.9. The molecule has 31 heavy (non-hydrogen) atoms. The zero-order valence-electron chi connectivity index (χ0n) is 18.1. The van der Waals surface area contributed by atoms with E-state index >= 15 is 0 Å². The Bertz CT molecular complexity index is 1150. The summed E-state index contributed by atoms with van der Waals surface area (Å²) >= 11 is 0. The Morgan fingerprint density at radius 2 is 1.94 bits per heavy atom. The summed E-state index contributed by atoms with van der Waals surface area (Å²) in [6.07, 6.45) is 7.69. The minimum Gasteiger partial charge on any atom is -0.384 e. The average Bonchev–Trinajstić information content (AvgIpc) is 3.29. The van der Waals surface area contributed by atoms with Crippen molar-refractivity contribution in [3.63, 3.8) is 0 Å². The number of aromatic nitrogens is 4. The van der Waals surface area contributed by atoms with Crippen molar-refractivity contribution in [2.24, 2.45) is 0 Å². The molecule has 0 saturated carbocycles. The maximum Gasteiger partial charge on any atom is 0.165 e. The van der Waals surface area contributed by atoms with E-state index in [4.69, 9.17) is 10.7 Å². The smallest absolute Gasteiger partial charge is 0.165 e. The lowest BCUT2D eigenvalue weighted by Gasteiger charge is -2.30. The number of hydrogen-bond acceptors (Lipinski definition) is 7. The van der Waals surface area contributed by atoms with Gasteiger partial charge in [-0.1, -0.05) is 6.07 Å². The summed E-state index contributed by atoms with van der Waals surface area (Å²) in [5.74, 6) is 0.454. The minimum absolute atomic E-state index is 0.0824. The summed E-state index contributed by atoms with van der Waals surface area (Å²) in [5, 5.41) is 18.3. The Labute approximate surface area is 180 Å². The highest BCUT2D eigenvalue weighted by atomic mass is 16.3. The van der Waals surface area contributed by atoms with Crippen molar-refractivity contribution < 1.29 is 9.90 Å². The zero-order chi connectivity index (χ0) is 21.9. The second-order valence-electron chi connectivity index (χ2n) is 9.40. The molecule has 5 rings (SSSR count). The van der Waals surface area contributed by atoms with Crippen LogP contribution >= 0.6 is 0 Å². The van der Waals surface area contributed by atoms with Crippen LogP contribution in [0.3, 0.4) is 0 Å². The molecule has 2 aliphatic heterocycles. The van der Waals surface area contributed by atoms with Crippen LogP contribution in [0.5, 0.6) is 0 Å². The van der Waals surface area contributed by atoms with Crippen molar-refractivity contribution in [2.45, 2.75) is 70.1 Å². The molecule has 3 aromatic rings. The molecule has 162 valence electrons. The molecule has 2 saturated heterocycles. The van der Waals surface area contributed by atoms with E-state index < -0.39 is 5.60 Å². The number of ketones is 1. The fourth-order valence-electron chi connectivity index (χ4n) is 5.09. The number of aliphatic hydroxyl groups is 1. The van der Waals surface area contributed by atoms with Crippen molar-refractivity contribution in [1.82, 2.24) is 24.9 Å². The number of nitrogens with two attached hydrogens (primary N) is 1. The van der Waals surface area contributed by atoms with Crippen LogP contribution in [0.2, 0.25) is 0 Å². The van der Waals surface area contributed by atoms with Gasteiger partial charge in [-0.2, -0.15) is 9.61 Å². The van der Waals surface area contributed by atoms with Crippen LogP contribution < -0.4 is 11.1 Å². The highest BCUT2D eigenvalue weighted by molar-refractivity contribution is 6.00. The monoisotopic (exact) mass is 420 g/mol. The molecule has 4 N–H and O–H groups in total. The van der Waals surface area contributed by atoms with Gasteiger partial charge in [0.1, 0.15) is 11.4 Å². The molecule has 2 atom stereocenters. The minimum atomic E-state index is -1.01. The molecular weight excluding hydrogens is 392 g/mol. The van der Waals surface area contributed by atoms with E-state index in [0.717, 1.165) is 29.7 Å². The first-order chi connectivity index (χ1) is 14.7. The van der Waals surface area contributed by atoms with Gasteiger partial charge in [-0.3, -0.25) is 9.78 Å². The van der Waals surface area contributed by atoms with Crippen molar-refractivity contribution in [2.75, 3.05) is 5.73 Å². The van der Waals surface area contributed by atoms with E-state index in [1.165, 1.54) is 12.8 Å². The number of Topliss-reactive ketones (excluding diaryl/α,β-unsaturated/α-hetero) is 1. The number of fused-ring (bicyclic) bond motifs is 3. The zero-order valence-corrected chi connectivity index (χ0v) is 18.1. The van der Waals surface area contributed by atoms with Crippen molar-refractivity contribution in [3.05, 3.63) is 41.5 Å². The third kappa shape index (κ3) is 3.40. The highest BCUT2D eigenvalue weighted by Crippen LogP contribution is 2.40. The van der Waals surface area contributed by atoms with Gasteiger partial charge in [0.2, 0.25) is 0 Å². The number of carbonyl (C=O) groups excluding carboxylic acids is 1. The SMILES string of the molecule is CC(=O)c1c(C2CC3CCC(C2)N3)nc2c(-c3ccc(C(C)(C)O)nc3)cnn2c1N. The topological polar surface area (TPSA) is 118 Å². The number of rotatable bonds is 4. The summed E-state index contributed by atoms with van der Waals surface area (Å²) in [7, 11) is 0. The number of hydrogen-bond donors (Lipinski definition) is 3. The first-order valence-electron chi connectivity index (χ1n) is 10.9. The van der Waals surface area contributed by atoms with Gasteiger partial charge in [0.05, 0.1) is 23.1 Å². The lowest BCUT2D eigenvalue weighted by Crippen LogP contribution is -2.38. The fraction of sp³-hybridized carbons (Fsp3) is 0.478. The van der Waals surface area contributed by atoms with Crippen LogP contribution in [0.15, 0.2) is 24.5 Å². The van der Waals surface area contributed by atoms with Gasteiger partial charge in [-0.15, -0.1) is 0 Å². The second kappa shape index (κ2) is 7.10. The standard InChI is InChI=1S/C23H28N6O2/c1-12(30)19-20(14-8-15-5-6-16(9-14)27-15)28-22-17(11-26-29(22)21(19)24)13-4-7-18(25-10-13)23(2,3)31/h4,7,10-11,14-16,27,31H,5-6,8-9,24H2,1-3H3. The molecule has 8 heteroatoms. The van der Waals surface area contributed by atoms with Gasteiger partial charge >= 0.3 is 0 Å². The molecular formula is C23H28N6O2. The number of nitrogens with one attached hydrogen (secondary N) is 1. The lowest BCUT2D eigenvalue weighted by atomic mass is 9.86. The number of nitrogen functional groups attached to an aromatic ring is 1. The maximum atomic E-state index is 12.5. The summed E-state index contributed by atoms with van der Waals surface area (Å²) in [5.41, 5.74) is 9.58. The fourth-order valence-corrected chi connectivity index (χ4v) is 5.09. The molecule has 0 aliphatic carbocycles. The Hall–Kier alpha value is -2.84. The molecule has 0 radical (unpaired) electrons. The van der Waals surface area contributed by atoms with Crippen LogP contribution in [0.4, 0.5) is 5.82 Å². The molecule has 0 aromatic carbocycles. The first kappa shape index (κ1) is 20.1. The van der Waals surface area contributed by atoms with Gasteiger partial charge in [0.15, 0.2) is 11.4 Å². The Morgan fingerprint density at radius 1 is 1.23 bits per heavy atom. The summed E-state index contributed by atoms with van der Waals surface area (Å²) in [6, 6.07) is 4.66. The van der Waals surface area contributed by atoms with Gasteiger partial charge in [0, 0.05) is 35.3 Å². The predicted octanol–water partition coefficient (Wildman–Crippen LogP) is 2.80. The van der Waals surface area contributed by atoms with E-state index in [2.05, 4.69) is 15.4 Å². The number of piperidine rings is 1. The molecule has 3 aromatic heterocycles. The van der Waals surface area contributed by atoms with Gasteiger partial charge in [-0.05, 0) is 52.5 Å². The lowest BCUT2D eigenvalue weighted by molar-refractivity contribution is 0.0739. The van der Waals surface area contributed by atoms with Crippen LogP contribution in [0.1, 0.15) is 74.1 Å². The van der Waals surface area contributed by atoms with Crippen molar-refractivity contribution >= 4 is 17.2 Å². The van der Waals surface area contributed by atoms with Gasteiger partial charge in [-0.25, -0.2) is 4.98 Å². The third-order valence-electron chi connectivity index (χ3n) is 6.62. The van der Waals surface area contributed by atoms with Crippen LogP contribution in [0.25, 0.3) is 16.8 Å². The predicted molar refractivity (Wildman–Crippen MR) is 118 cm³/mol. The number of anilines is 1. The van der Waals surface area contributed by atoms with Crippen LogP contribution in [-0.2, 0) is 5.60 Å².